The highest BCUT2D eigenvalue weighted by molar-refractivity contribution is 6.01. The number of Topliss-reactive ketones (excluding diaryl/α,β-unsaturated/α-hetero) is 1. The van der Waals surface area contributed by atoms with Gasteiger partial charge in [0.15, 0.2) is 11.9 Å². The van der Waals surface area contributed by atoms with E-state index in [1.54, 1.807) is 25.1 Å². The molecule has 4 N–H and O–H groups in total. The maximum Gasteiger partial charge on any atom is 0.265 e. The normalized spacial score (nSPS) is 24.4. The summed E-state index contributed by atoms with van der Waals surface area (Å²) in [6.07, 6.45) is 3.92. The standard InChI is InChI=1S/C20H27N3O4/c1-12-20(26)23-16-11-14(4-7-18(16)27-12)17(24)10-13-2-5-15(6-3-13)22-19(25)8-9-21/h4,7,11-13,15H,2-3,5-6,8-10,21H2,1H3,(H,22,25)(H,23,26). The van der Waals surface area contributed by atoms with Crippen LogP contribution in [0.15, 0.2) is 18.2 Å². The predicted molar refractivity (Wildman–Crippen MR) is 102 cm³/mol. The van der Waals surface area contributed by atoms with E-state index in [9.17, 15) is 14.4 Å². The van der Waals surface area contributed by atoms with E-state index in [1.807, 2.05) is 0 Å². The van der Waals surface area contributed by atoms with Crippen LogP contribution in [0.4, 0.5) is 5.69 Å². The number of carbonyl (C=O) groups excluding carboxylic acids is 3. The molecule has 0 radical (unpaired) electrons. The van der Waals surface area contributed by atoms with Crippen molar-refractivity contribution in [3.05, 3.63) is 23.8 Å². The first-order chi connectivity index (χ1) is 13.0. The van der Waals surface area contributed by atoms with Gasteiger partial charge in [-0.1, -0.05) is 0 Å². The van der Waals surface area contributed by atoms with Gasteiger partial charge in [-0.05, 0) is 56.7 Å². The number of nitrogens with two attached hydrogens (primary N) is 1. The predicted octanol–water partition coefficient (Wildman–Crippen LogP) is 2.00. The van der Waals surface area contributed by atoms with Crippen molar-refractivity contribution < 1.29 is 19.1 Å². The van der Waals surface area contributed by atoms with Crippen molar-refractivity contribution in [2.24, 2.45) is 11.7 Å². The Morgan fingerprint density at radius 2 is 2.00 bits per heavy atom. The van der Waals surface area contributed by atoms with Crippen LogP contribution < -0.4 is 21.1 Å². The van der Waals surface area contributed by atoms with Crippen LogP contribution in [0.5, 0.6) is 5.75 Å². The van der Waals surface area contributed by atoms with Gasteiger partial charge in [-0.3, -0.25) is 14.4 Å². The molecular formula is C20H27N3O4. The molecule has 27 heavy (non-hydrogen) atoms. The fourth-order valence-corrected chi connectivity index (χ4v) is 3.70. The number of rotatable bonds is 6. The fraction of sp³-hybridized carbons (Fsp3) is 0.550. The third-order valence-corrected chi connectivity index (χ3v) is 5.29. The van der Waals surface area contributed by atoms with E-state index in [-0.39, 0.29) is 23.6 Å². The van der Waals surface area contributed by atoms with Crippen LogP contribution in [-0.4, -0.2) is 36.3 Å². The first-order valence-corrected chi connectivity index (χ1v) is 9.60. The summed E-state index contributed by atoms with van der Waals surface area (Å²) in [7, 11) is 0. The molecule has 7 nitrogen and oxygen atoms in total. The van der Waals surface area contributed by atoms with Gasteiger partial charge in [0, 0.05) is 31.0 Å². The smallest absolute Gasteiger partial charge is 0.265 e. The number of hydrogen-bond acceptors (Lipinski definition) is 5. The van der Waals surface area contributed by atoms with Crippen LogP contribution in [0.3, 0.4) is 0 Å². The summed E-state index contributed by atoms with van der Waals surface area (Å²) in [6, 6.07) is 5.38. The Balaban J connectivity index is 1.52. The highest BCUT2D eigenvalue weighted by Crippen LogP contribution is 2.32. The van der Waals surface area contributed by atoms with E-state index in [2.05, 4.69) is 10.6 Å². The van der Waals surface area contributed by atoms with Gasteiger partial charge in [-0.2, -0.15) is 0 Å². The Morgan fingerprint density at radius 1 is 1.26 bits per heavy atom. The summed E-state index contributed by atoms with van der Waals surface area (Å²) < 4.78 is 5.52. The zero-order valence-corrected chi connectivity index (χ0v) is 15.6. The Kier molecular flexibility index (Phi) is 6.11. The number of nitrogens with one attached hydrogen (secondary N) is 2. The molecule has 0 saturated heterocycles. The van der Waals surface area contributed by atoms with Crippen molar-refractivity contribution in [2.45, 2.75) is 57.6 Å². The molecule has 3 rings (SSSR count). The van der Waals surface area contributed by atoms with Crippen molar-refractivity contribution in [3.63, 3.8) is 0 Å². The molecule has 1 aliphatic heterocycles. The van der Waals surface area contributed by atoms with E-state index in [1.165, 1.54) is 0 Å². The van der Waals surface area contributed by atoms with Crippen molar-refractivity contribution in [3.8, 4) is 5.75 Å². The van der Waals surface area contributed by atoms with Gasteiger partial charge in [0.25, 0.3) is 5.91 Å². The maximum atomic E-state index is 12.7. The number of amides is 2. The van der Waals surface area contributed by atoms with Crippen LogP contribution in [-0.2, 0) is 9.59 Å². The van der Waals surface area contributed by atoms with Gasteiger partial charge in [0.05, 0.1) is 5.69 Å². The van der Waals surface area contributed by atoms with Crippen molar-refractivity contribution in [1.29, 1.82) is 0 Å². The minimum atomic E-state index is -0.528. The molecule has 146 valence electrons. The molecule has 0 bridgehead atoms. The topological polar surface area (TPSA) is 111 Å². The Bertz CT molecular complexity index is 726. The number of anilines is 1. The second-order valence-corrected chi connectivity index (χ2v) is 7.41. The lowest BCUT2D eigenvalue weighted by Crippen LogP contribution is -2.38. The molecule has 1 heterocycles. The van der Waals surface area contributed by atoms with Crippen LogP contribution in [0.1, 0.15) is 55.8 Å². The number of ketones is 1. The molecule has 2 aliphatic rings. The molecule has 1 unspecified atom stereocenters. The first-order valence-electron chi connectivity index (χ1n) is 9.60. The number of fused-ring (bicyclic) bond motifs is 1. The zero-order valence-electron chi connectivity index (χ0n) is 15.6. The molecule has 1 aromatic rings. The molecule has 1 saturated carbocycles. The summed E-state index contributed by atoms with van der Waals surface area (Å²) in [5.41, 5.74) is 6.53. The van der Waals surface area contributed by atoms with Crippen molar-refractivity contribution in [1.82, 2.24) is 5.32 Å². The van der Waals surface area contributed by atoms with E-state index in [0.717, 1.165) is 25.7 Å². The van der Waals surface area contributed by atoms with Gasteiger partial charge in [-0.15, -0.1) is 0 Å². The summed E-state index contributed by atoms with van der Waals surface area (Å²) in [5.74, 6) is 0.780. The number of hydrogen-bond donors (Lipinski definition) is 3. The lowest BCUT2D eigenvalue weighted by Gasteiger charge is -2.29. The average Bonchev–Trinajstić information content (AvgIpc) is 2.64. The van der Waals surface area contributed by atoms with Crippen LogP contribution in [0, 0.1) is 5.92 Å². The van der Waals surface area contributed by atoms with Gasteiger partial charge in [0.2, 0.25) is 5.91 Å². The lowest BCUT2D eigenvalue weighted by molar-refractivity contribution is -0.123. The number of carbonyl (C=O) groups is 3. The van der Waals surface area contributed by atoms with Gasteiger partial charge < -0.3 is 21.1 Å². The second kappa shape index (κ2) is 8.52. The van der Waals surface area contributed by atoms with Crippen LogP contribution >= 0.6 is 0 Å². The van der Waals surface area contributed by atoms with Crippen molar-refractivity contribution in [2.75, 3.05) is 11.9 Å². The molecule has 2 amide bonds. The highest BCUT2D eigenvalue weighted by atomic mass is 16.5. The molecule has 1 aliphatic carbocycles. The first kappa shape index (κ1) is 19.4. The van der Waals surface area contributed by atoms with E-state index in [4.69, 9.17) is 10.5 Å². The van der Waals surface area contributed by atoms with Gasteiger partial charge in [-0.25, -0.2) is 0 Å². The molecular weight excluding hydrogens is 346 g/mol. The van der Waals surface area contributed by atoms with Gasteiger partial charge in [0.1, 0.15) is 5.75 Å². The molecule has 0 aromatic heterocycles. The maximum absolute atomic E-state index is 12.7. The van der Waals surface area contributed by atoms with Crippen molar-refractivity contribution >= 4 is 23.3 Å². The lowest BCUT2D eigenvalue weighted by atomic mass is 9.82. The molecule has 0 spiro atoms. The van der Waals surface area contributed by atoms with Crippen LogP contribution in [0.2, 0.25) is 0 Å². The quantitative estimate of drug-likeness (QED) is 0.661. The summed E-state index contributed by atoms with van der Waals surface area (Å²) >= 11 is 0. The molecule has 1 fully saturated rings. The monoisotopic (exact) mass is 373 g/mol. The Morgan fingerprint density at radius 3 is 2.70 bits per heavy atom. The average molecular weight is 373 g/mol. The minimum absolute atomic E-state index is 0.00432. The Hall–Kier alpha value is -2.41. The third-order valence-electron chi connectivity index (χ3n) is 5.29. The summed E-state index contributed by atoms with van der Waals surface area (Å²) in [4.78, 5) is 36.0. The SMILES string of the molecule is CC1Oc2ccc(C(=O)CC3CCC(NC(=O)CCN)CC3)cc2NC1=O. The largest absolute Gasteiger partial charge is 0.479 e. The Labute approximate surface area is 159 Å². The van der Waals surface area contributed by atoms with E-state index in [0.29, 0.717) is 42.3 Å². The second-order valence-electron chi connectivity index (χ2n) is 7.41. The van der Waals surface area contributed by atoms with Gasteiger partial charge >= 0.3 is 0 Å². The third kappa shape index (κ3) is 4.86. The van der Waals surface area contributed by atoms with E-state index < -0.39 is 6.10 Å². The molecule has 1 atom stereocenters. The van der Waals surface area contributed by atoms with Crippen LogP contribution in [0.25, 0.3) is 0 Å². The zero-order chi connectivity index (χ0) is 19.4. The summed E-state index contributed by atoms with van der Waals surface area (Å²) in [5, 5.41) is 5.79. The summed E-state index contributed by atoms with van der Waals surface area (Å²) in [6.45, 7) is 2.05. The van der Waals surface area contributed by atoms with E-state index >= 15 is 0 Å². The highest BCUT2D eigenvalue weighted by Gasteiger charge is 2.26. The molecule has 1 aromatic carbocycles. The number of ether oxygens (including phenoxy) is 1. The molecule has 7 heteroatoms. The number of benzene rings is 1. The minimum Gasteiger partial charge on any atom is -0.479 e. The fourth-order valence-electron chi connectivity index (χ4n) is 3.70.